The number of carbonyl (C=O) groups is 2. The maximum atomic E-state index is 12.2. The first-order valence-electron chi connectivity index (χ1n) is 8.83. The summed E-state index contributed by atoms with van der Waals surface area (Å²) < 4.78 is 5.60. The lowest BCUT2D eigenvalue weighted by atomic mass is 10.1. The van der Waals surface area contributed by atoms with Crippen molar-refractivity contribution in [2.75, 3.05) is 18.0 Å². The van der Waals surface area contributed by atoms with Gasteiger partial charge in [-0.25, -0.2) is 0 Å². The Morgan fingerprint density at radius 3 is 2.62 bits per heavy atom. The molecule has 26 heavy (non-hydrogen) atoms. The van der Waals surface area contributed by atoms with E-state index in [1.807, 2.05) is 45.0 Å². The number of para-hydroxylation sites is 1. The summed E-state index contributed by atoms with van der Waals surface area (Å²) >= 11 is 0. The average Bonchev–Trinajstić information content (AvgIpc) is 3.24. The molecule has 3 rings (SSSR count). The van der Waals surface area contributed by atoms with E-state index in [0.717, 1.165) is 24.4 Å². The molecular formula is C20H25N3O3. The molecule has 0 fully saturated rings. The lowest BCUT2D eigenvalue weighted by Gasteiger charge is -2.29. The number of rotatable bonds is 4. The van der Waals surface area contributed by atoms with Crippen molar-refractivity contribution >= 4 is 17.5 Å². The molecule has 1 aromatic heterocycles. The topological polar surface area (TPSA) is 74.6 Å². The highest BCUT2D eigenvalue weighted by Gasteiger charge is 2.30. The minimum absolute atomic E-state index is 0.167. The van der Waals surface area contributed by atoms with Gasteiger partial charge >= 0.3 is 11.8 Å². The van der Waals surface area contributed by atoms with Gasteiger partial charge in [-0.1, -0.05) is 18.2 Å². The van der Waals surface area contributed by atoms with Crippen molar-refractivity contribution in [2.24, 2.45) is 0 Å². The van der Waals surface area contributed by atoms with Crippen LogP contribution in [-0.4, -0.2) is 30.4 Å². The number of nitrogens with zero attached hydrogens (tertiary/aromatic N) is 1. The van der Waals surface area contributed by atoms with Gasteiger partial charge in [-0.3, -0.25) is 9.59 Å². The predicted octanol–water partition coefficient (Wildman–Crippen LogP) is 2.41. The van der Waals surface area contributed by atoms with Crippen molar-refractivity contribution in [1.29, 1.82) is 0 Å². The highest BCUT2D eigenvalue weighted by Crippen LogP contribution is 2.34. The molecule has 0 saturated heterocycles. The number of benzene rings is 1. The molecule has 0 radical (unpaired) electrons. The number of carbonyl (C=O) groups excluding carboxylic acids is 2. The van der Waals surface area contributed by atoms with Crippen molar-refractivity contribution in [3.05, 3.63) is 54.0 Å². The van der Waals surface area contributed by atoms with Gasteiger partial charge in [0.15, 0.2) is 0 Å². The Labute approximate surface area is 153 Å². The lowest BCUT2D eigenvalue weighted by molar-refractivity contribution is -0.140. The molecule has 0 aliphatic carbocycles. The van der Waals surface area contributed by atoms with Gasteiger partial charge in [0, 0.05) is 24.3 Å². The summed E-state index contributed by atoms with van der Waals surface area (Å²) in [6.45, 7) is 6.65. The first-order chi connectivity index (χ1) is 12.3. The molecule has 0 bridgehead atoms. The summed E-state index contributed by atoms with van der Waals surface area (Å²) in [7, 11) is 0. The molecule has 0 saturated carbocycles. The van der Waals surface area contributed by atoms with E-state index in [1.165, 1.54) is 5.56 Å². The highest BCUT2D eigenvalue weighted by atomic mass is 16.3. The van der Waals surface area contributed by atoms with Crippen LogP contribution in [-0.2, 0) is 16.0 Å². The summed E-state index contributed by atoms with van der Waals surface area (Å²) in [5.74, 6) is -0.500. The molecule has 6 heteroatoms. The second-order valence-corrected chi connectivity index (χ2v) is 7.52. The van der Waals surface area contributed by atoms with Gasteiger partial charge in [0.05, 0.1) is 6.26 Å². The van der Waals surface area contributed by atoms with E-state index in [-0.39, 0.29) is 12.6 Å². The van der Waals surface area contributed by atoms with E-state index in [4.69, 9.17) is 4.42 Å². The number of amides is 2. The highest BCUT2D eigenvalue weighted by molar-refractivity contribution is 6.35. The number of hydrogen-bond acceptors (Lipinski definition) is 4. The fourth-order valence-electron chi connectivity index (χ4n) is 3.20. The second kappa shape index (κ2) is 7.23. The zero-order chi connectivity index (χ0) is 18.7. The van der Waals surface area contributed by atoms with Crippen LogP contribution in [0, 0.1) is 0 Å². The van der Waals surface area contributed by atoms with Crippen LogP contribution in [0.5, 0.6) is 0 Å². The Balaban J connectivity index is 1.73. The quantitative estimate of drug-likeness (QED) is 0.826. The van der Waals surface area contributed by atoms with Gasteiger partial charge in [0.25, 0.3) is 0 Å². The molecule has 2 amide bonds. The molecule has 2 N–H and O–H groups in total. The van der Waals surface area contributed by atoms with Gasteiger partial charge in [0.2, 0.25) is 0 Å². The van der Waals surface area contributed by atoms with Crippen LogP contribution in [0.15, 0.2) is 47.1 Å². The molecule has 1 aliphatic heterocycles. The third-order valence-electron chi connectivity index (χ3n) is 4.32. The molecule has 2 heterocycles. The summed E-state index contributed by atoms with van der Waals surface area (Å²) in [4.78, 5) is 26.4. The molecule has 138 valence electrons. The summed E-state index contributed by atoms with van der Waals surface area (Å²) in [6.07, 6.45) is 2.57. The van der Waals surface area contributed by atoms with Crippen LogP contribution in [0.1, 0.15) is 38.1 Å². The zero-order valence-electron chi connectivity index (χ0n) is 15.4. The van der Waals surface area contributed by atoms with Crippen molar-refractivity contribution in [3.63, 3.8) is 0 Å². The van der Waals surface area contributed by atoms with Crippen LogP contribution in [0.2, 0.25) is 0 Å². The van der Waals surface area contributed by atoms with E-state index >= 15 is 0 Å². The SMILES string of the molecule is CC(C)(C)NC(=O)C(=O)NC[C@H](c1ccco1)N1CCc2ccccc21. The second-order valence-electron chi connectivity index (χ2n) is 7.52. The van der Waals surface area contributed by atoms with Crippen LogP contribution < -0.4 is 15.5 Å². The summed E-state index contributed by atoms with van der Waals surface area (Å²) in [5.41, 5.74) is 1.96. The molecule has 2 aromatic rings. The van der Waals surface area contributed by atoms with E-state index in [1.54, 1.807) is 6.26 Å². The van der Waals surface area contributed by atoms with E-state index in [2.05, 4.69) is 27.7 Å². The molecule has 1 atom stereocenters. The molecule has 0 unspecified atom stereocenters. The number of anilines is 1. The summed E-state index contributed by atoms with van der Waals surface area (Å²) in [5, 5.41) is 5.42. The van der Waals surface area contributed by atoms with E-state index < -0.39 is 17.4 Å². The van der Waals surface area contributed by atoms with Crippen molar-refractivity contribution < 1.29 is 14.0 Å². The maximum absolute atomic E-state index is 12.2. The normalized spacial score (nSPS) is 14.7. The van der Waals surface area contributed by atoms with Crippen molar-refractivity contribution in [3.8, 4) is 0 Å². The third-order valence-corrected chi connectivity index (χ3v) is 4.32. The smallest absolute Gasteiger partial charge is 0.309 e. The summed E-state index contributed by atoms with van der Waals surface area (Å²) in [6, 6.07) is 11.8. The fourth-order valence-corrected chi connectivity index (χ4v) is 3.20. The number of furan rings is 1. The number of hydrogen-bond donors (Lipinski definition) is 2. The van der Waals surface area contributed by atoms with E-state index in [0.29, 0.717) is 0 Å². The molecule has 1 aliphatic rings. The minimum Gasteiger partial charge on any atom is -0.467 e. The Bertz CT molecular complexity index is 778. The van der Waals surface area contributed by atoms with E-state index in [9.17, 15) is 9.59 Å². The first-order valence-corrected chi connectivity index (χ1v) is 8.83. The van der Waals surface area contributed by atoms with Gasteiger partial charge in [0.1, 0.15) is 11.8 Å². The van der Waals surface area contributed by atoms with Gasteiger partial charge in [-0.05, 0) is 51.0 Å². The van der Waals surface area contributed by atoms with Crippen LogP contribution in [0.4, 0.5) is 5.69 Å². The Hall–Kier alpha value is -2.76. The van der Waals surface area contributed by atoms with Crippen LogP contribution in [0.3, 0.4) is 0 Å². The molecule has 0 spiro atoms. The van der Waals surface area contributed by atoms with Crippen molar-refractivity contribution in [2.45, 2.75) is 38.8 Å². The Morgan fingerprint density at radius 1 is 1.15 bits per heavy atom. The van der Waals surface area contributed by atoms with Crippen LogP contribution >= 0.6 is 0 Å². The van der Waals surface area contributed by atoms with Gasteiger partial charge < -0.3 is 20.0 Å². The van der Waals surface area contributed by atoms with Crippen molar-refractivity contribution in [1.82, 2.24) is 10.6 Å². The van der Waals surface area contributed by atoms with Gasteiger partial charge in [-0.15, -0.1) is 0 Å². The largest absolute Gasteiger partial charge is 0.467 e. The molecular weight excluding hydrogens is 330 g/mol. The standard InChI is InChI=1S/C20H25N3O3/c1-20(2,3)22-19(25)18(24)21-13-16(17-9-6-12-26-17)23-11-10-14-7-4-5-8-15(14)23/h4-9,12,16H,10-11,13H2,1-3H3,(H,21,24)(H,22,25)/t16-/m1/s1. The lowest BCUT2D eigenvalue weighted by Crippen LogP contribution is -2.49. The predicted molar refractivity (Wildman–Crippen MR) is 99.8 cm³/mol. The Kier molecular flexibility index (Phi) is 5.02. The zero-order valence-corrected chi connectivity index (χ0v) is 15.4. The van der Waals surface area contributed by atoms with Gasteiger partial charge in [-0.2, -0.15) is 0 Å². The first kappa shape index (κ1) is 18.0. The number of fused-ring (bicyclic) bond motifs is 1. The minimum atomic E-state index is -0.635. The monoisotopic (exact) mass is 355 g/mol. The third kappa shape index (κ3) is 4.07. The fraction of sp³-hybridized carbons (Fsp3) is 0.400. The van der Waals surface area contributed by atoms with Crippen LogP contribution in [0.25, 0.3) is 0 Å². The Morgan fingerprint density at radius 2 is 1.92 bits per heavy atom. The maximum Gasteiger partial charge on any atom is 0.309 e. The number of nitrogens with one attached hydrogen (secondary N) is 2. The molecule has 1 aromatic carbocycles. The average molecular weight is 355 g/mol. The molecule has 6 nitrogen and oxygen atoms in total.